The highest BCUT2D eigenvalue weighted by atomic mass is 32.2. The van der Waals surface area contributed by atoms with Crippen LogP contribution in [0.25, 0.3) is 0 Å². The maximum atomic E-state index is 12.1. The second-order valence-corrected chi connectivity index (χ2v) is 7.55. The summed E-state index contributed by atoms with van der Waals surface area (Å²) in [5, 5.41) is 0. The van der Waals surface area contributed by atoms with Crippen molar-refractivity contribution in [3.63, 3.8) is 0 Å². The first kappa shape index (κ1) is 17.5. The molecular formula is C18H23NO3S. The summed E-state index contributed by atoms with van der Waals surface area (Å²) < 4.78 is 32.4. The second kappa shape index (κ2) is 7.62. The Balaban J connectivity index is 1.87. The quantitative estimate of drug-likeness (QED) is 0.789. The molecule has 0 bridgehead atoms. The molecule has 23 heavy (non-hydrogen) atoms. The monoisotopic (exact) mass is 333 g/mol. The fourth-order valence-electron chi connectivity index (χ4n) is 2.11. The first-order chi connectivity index (χ1) is 10.9. The van der Waals surface area contributed by atoms with Crippen LogP contribution in [0, 0.1) is 6.92 Å². The van der Waals surface area contributed by atoms with Crippen LogP contribution in [0.15, 0.2) is 53.4 Å². The normalized spacial score (nSPS) is 11.7. The van der Waals surface area contributed by atoms with E-state index >= 15 is 0 Å². The average molecular weight is 333 g/mol. The lowest BCUT2D eigenvalue weighted by atomic mass is 10.0. The molecule has 0 atom stereocenters. The van der Waals surface area contributed by atoms with Gasteiger partial charge in [0.05, 0.1) is 4.90 Å². The van der Waals surface area contributed by atoms with E-state index < -0.39 is 10.0 Å². The van der Waals surface area contributed by atoms with Gasteiger partial charge in [-0.25, -0.2) is 13.1 Å². The predicted octanol–water partition coefficient (Wildman–Crippen LogP) is 3.48. The van der Waals surface area contributed by atoms with Crippen LogP contribution in [-0.2, 0) is 10.0 Å². The summed E-state index contributed by atoms with van der Waals surface area (Å²) in [6, 6.07) is 14.6. The van der Waals surface area contributed by atoms with Gasteiger partial charge in [0.2, 0.25) is 10.0 Å². The zero-order valence-corrected chi connectivity index (χ0v) is 14.6. The molecule has 124 valence electrons. The van der Waals surface area contributed by atoms with E-state index in [1.165, 1.54) is 5.56 Å². The Morgan fingerprint density at radius 1 is 1.09 bits per heavy atom. The van der Waals surface area contributed by atoms with Crippen LogP contribution in [-0.4, -0.2) is 21.6 Å². The minimum absolute atomic E-state index is 0.224. The molecule has 0 saturated heterocycles. The molecule has 0 unspecified atom stereocenters. The van der Waals surface area contributed by atoms with E-state index in [2.05, 4.69) is 24.6 Å². The molecule has 0 amide bonds. The molecular weight excluding hydrogens is 310 g/mol. The summed E-state index contributed by atoms with van der Waals surface area (Å²) in [4.78, 5) is 0.268. The number of hydrogen-bond acceptors (Lipinski definition) is 3. The Bertz CT molecular complexity index is 737. The van der Waals surface area contributed by atoms with E-state index in [0.717, 1.165) is 11.3 Å². The Kier molecular flexibility index (Phi) is 5.80. The molecule has 0 aromatic heterocycles. The number of aryl methyl sites for hydroxylation is 1. The van der Waals surface area contributed by atoms with Gasteiger partial charge < -0.3 is 4.74 Å². The number of hydrogen-bond donors (Lipinski definition) is 1. The lowest BCUT2D eigenvalue weighted by molar-refractivity contribution is 0.322. The van der Waals surface area contributed by atoms with Gasteiger partial charge in [-0.2, -0.15) is 0 Å². The lowest BCUT2D eigenvalue weighted by Gasteiger charge is -2.11. The van der Waals surface area contributed by atoms with Gasteiger partial charge in [-0.15, -0.1) is 0 Å². The average Bonchev–Trinajstić information content (AvgIpc) is 2.52. The van der Waals surface area contributed by atoms with E-state index in [4.69, 9.17) is 4.74 Å². The summed E-state index contributed by atoms with van der Waals surface area (Å²) in [6.07, 6.45) is 0. The highest BCUT2D eigenvalue weighted by Gasteiger charge is 2.12. The van der Waals surface area contributed by atoms with Crippen LogP contribution in [0.2, 0.25) is 0 Å². The van der Waals surface area contributed by atoms with Crippen LogP contribution in [0.3, 0.4) is 0 Å². The largest absolute Gasteiger partial charge is 0.492 e. The third-order valence-corrected chi connectivity index (χ3v) is 5.00. The van der Waals surface area contributed by atoms with Gasteiger partial charge >= 0.3 is 0 Å². The molecule has 2 rings (SSSR count). The fourth-order valence-corrected chi connectivity index (χ4v) is 3.12. The predicted molar refractivity (Wildman–Crippen MR) is 92.4 cm³/mol. The van der Waals surface area contributed by atoms with Gasteiger partial charge in [-0.3, -0.25) is 0 Å². The number of rotatable bonds is 7. The Labute approximate surface area is 138 Å². The molecule has 0 aliphatic heterocycles. The van der Waals surface area contributed by atoms with E-state index in [1.807, 2.05) is 25.1 Å². The SMILES string of the molecule is Cc1ccc(S(=O)(=O)NCCOc2cccc(C(C)C)c2)cc1. The summed E-state index contributed by atoms with van der Waals surface area (Å²) in [7, 11) is -3.48. The standard InChI is InChI=1S/C18H23NO3S/c1-14(2)16-5-4-6-17(13-16)22-12-11-19-23(20,21)18-9-7-15(3)8-10-18/h4-10,13-14,19H,11-12H2,1-3H3. The van der Waals surface area contributed by atoms with Gasteiger partial charge in [-0.1, -0.05) is 43.7 Å². The molecule has 0 aliphatic rings. The molecule has 5 heteroatoms. The molecule has 0 spiro atoms. The van der Waals surface area contributed by atoms with Crippen molar-refractivity contribution in [2.75, 3.05) is 13.2 Å². The number of nitrogens with one attached hydrogen (secondary N) is 1. The minimum Gasteiger partial charge on any atom is -0.492 e. The van der Waals surface area contributed by atoms with Crippen molar-refractivity contribution in [2.45, 2.75) is 31.6 Å². The zero-order valence-electron chi connectivity index (χ0n) is 13.7. The zero-order chi connectivity index (χ0) is 16.9. The molecule has 0 saturated carbocycles. The second-order valence-electron chi connectivity index (χ2n) is 5.79. The van der Waals surface area contributed by atoms with Gasteiger partial charge in [0.15, 0.2) is 0 Å². The lowest BCUT2D eigenvalue weighted by Crippen LogP contribution is -2.28. The van der Waals surface area contributed by atoms with Crippen LogP contribution in [0.5, 0.6) is 5.75 Å². The Hall–Kier alpha value is -1.85. The molecule has 1 N–H and O–H groups in total. The molecule has 2 aromatic carbocycles. The summed E-state index contributed by atoms with van der Waals surface area (Å²) in [6.45, 7) is 6.67. The third-order valence-electron chi connectivity index (χ3n) is 3.52. The van der Waals surface area contributed by atoms with Crippen LogP contribution < -0.4 is 9.46 Å². The maximum Gasteiger partial charge on any atom is 0.240 e. The topological polar surface area (TPSA) is 55.4 Å². The van der Waals surface area contributed by atoms with Crippen molar-refractivity contribution in [3.05, 3.63) is 59.7 Å². The fraction of sp³-hybridized carbons (Fsp3) is 0.333. The smallest absolute Gasteiger partial charge is 0.240 e. The summed E-state index contributed by atoms with van der Waals surface area (Å²) in [5.74, 6) is 1.18. The highest BCUT2D eigenvalue weighted by Crippen LogP contribution is 2.20. The van der Waals surface area contributed by atoms with Crippen molar-refractivity contribution >= 4 is 10.0 Å². The number of sulfonamides is 1. The first-order valence-corrected chi connectivity index (χ1v) is 9.16. The molecule has 0 heterocycles. The number of benzene rings is 2. The van der Waals surface area contributed by atoms with Crippen molar-refractivity contribution in [1.82, 2.24) is 4.72 Å². The maximum absolute atomic E-state index is 12.1. The van der Waals surface area contributed by atoms with Gasteiger partial charge in [0, 0.05) is 6.54 Å². The van der Waals surface area contributed by atoms with E-state index in [-0.39, 0.29) is 18.0 Å². The van der Waals surface area contributed by atoms with E-state index in [9.17, 15) is 8.42 Å². The van der Waals surface area contributed by atoms with Gasteiger partial charge in [0.25, 0.3) is 0 Å². The van der Waals surface area contributed by atoms with Gasteiger partial charge in [-0.05, 0) is 42.7 Å². The van der Waals surface area contributed by atoms with Crippen molar-refractivity contribution in [3.8, 4) is 5.75 Å². The van der Waals surface area contributed by atoms with Crippen LogP contribution in [0.1, 0.15) is 30.9 Å². The molecule has 0 radical (unpaired) electrons. The highest BCUT2D eigenvalue weighted by molar-refractivity contribution is 7.89. The van der Waals surface area contributed by atoms with Crippen molar-refractivity contribution in [2.24, 2.45) is 0 Å². The molecule has 0 fully saturated rings. The Morgan fingerprint density at radius 3 is 2.43 bits per heavy atom. The molecule has 2 aromatic rings. The van der Waals surface area contributed by atoms with E-state index in [0.29, 0.717) is 5.92 Å². The third kappa shape index (κ3) is 5.08. The minimum atomic E-state index is -3.48. The molecule has 4 nitrogen and oxygen atoms in total. The Morgan fingerprint density at radius 2 is 1.78 bits per heavy atom. The van der Waals surface area contributed by atoms with Crippen LogP contribution in [0.4, 0.5) is 0 Å². The van der Waals surface area contributed by atoms with E-state index in [1.54, 1.807) is 24.3 Å². The van der Waals surface area contributed by atoms with Gasteiger partial charge in [0.1, 0.15) is 12.4 Å². The summed E-state index contributed by atoms with van der Waals surface area (Å²) in [5.41, 5.74) is 2.22. The molecule has 0 aliphatic carbocycles. The van der Waals surface area contributed by atoms with Crippen molar-refractivity contribution in [1.29, 1.82) is 0 Å². The number of ether oxygens (including phenoxy) is 1. The van der Waals surface area contributed by atoms with Crippen LogP contribution >= 0.6 is 0 Å². The van der Waals surface area contributed by atoms with Crippen molar-refractivity contribution < 1.29 is 13.2 Å². The summed E-state index contributed by atoms with van der Waals surface area (Å²) >= 11 is 0. The first-order valence-electron chi connectivity index (χ1n) is 7.67.